The Hall–Kier alpha value is -3.42. The van der Waals surface area contributed by atoms with Gasteiger partial charge in [-0.05, 0) is 30.0 Å². The largest absolute Gasteiger partial charge is 0.494 e. The second-order valence-electron chi connectivity index (χ2n) is 7.17. The smallest absolute Gasteiger partial charge is 0.273 e. The fraction of sp³-hybridized carbons (Fsp3) is 0.364. The molecule has 1 saturated heterocycles. The number of methoxy groups -OCH3 is 1. The second-order valence-corrected chi connectivity index (χ2v) is 7.17. The van der Waals surface area contributed by atoms with Crippen molar-refractivity contribution < 1.29 is 19.2 Å². The first kappa shape index (κ1) is 21.3. The van der Waals surface area contributed by atoms with E-state index in [9.17, 15) is 19.7 Å². The maximum Gasteiger partial charge on any atom is 0.273 e. The average Bonchev–Trinajstić information content (AvgIpc) is 3.14. The molecule has 0 radical (unpaired) electrons. The molecule has 0 aromatic heterocycles. The van der Waals surface area contributed by atoms with E-state index in [-0.39, 0.29) is 36.2 Å². The summed E-state index contributed by atoms with van der Waals surface area (Å²) >= 11 is 0. The highest BCUT2D eigenvalue weighted by atomic mass is 16.6. The molecule has 1 aliphatic heterocycles. The van der Waals surface area contributed by atoms with Crippen molar-refractivity contribution in [2.45, 2.75) is 33.1 Å². The third kappa shape index (κ3) is 4.12. The molecule has 30 heavy (non-hydrogen) atoms. The second kappa shape index (κ2) is 8.94. The predicted octanol–water partition coefficient (Wildman–Crippen LogP) is 3.72. The molecular formula is C22H25N3O5. The van der Waals surface area contributed by atoms with Gasteiger partial charge in [-0.25, -0.2) is 0 Å². The average molecular weight is 411 g/mol. The molecule has 0 unspecified atom stereocenters. The Kier molecular flexibility index (Phi) is 6.34. The van der Waals surface area contributed by atoms with Crippen LogP contribution in [-0.2, 0) is 22.4 Å². The molecule has 8 heteroatoms. The van der Waals surface area contributed by atoms with Crippen LogP contribution in [0.1, 0.15) is 31.4 Å². The zero-order chi connectivity index (χ0) is 21.8. The van der Waals surface area contributed by atoms with E-state index in [1.165, 1.54) is 30.2 Å². The number of hydrogen-bond donors (Lipinski definition) is 1. The van der Waals surface area contributed by atoms with Crippen LogP contribution in [0.5, 0.6) is 5.75 Å². The Morgan fingerprint density at radius 1 is 1.23 bits per heavy atom. The first-order valence-corrected chi connectivity index (χ1v) is 9.93. The number of para-hydroxylation sites is 1. The first-order chi connectivity index (χ1) is 14.4. The molecule has 2 aromatic rings. The standard InChI is InChI=1S/C22H25N3O5/c1-4-14-7-6-8-15(5-2)21(14)23-22(27)16-11-20(26)24(13-16)18-10-9-17(25(28)29)12-19(18)30-3/h6-10,12,16H,4-5,11,13H2,1-3H3,(H,23,27)/t16-/m0/s1. The Bertz CT molecular complexity index is 966. The number of anilines is 2. The van der Waals surface area contributed by atoms with Crippen molar-refractivity contribution >= 4 is 28.9 Å². The van der Waals surface area contributed by atoms with Gasteiger partial charge in [0.15, 0.2) is 0 Å². The van der Waals surface area contributed by atoms with Crippen molar-refractivity contribution in [3.05, 3.63) is 57.6 Å². The van der Waals surface area contributed by atoms with Crippen LogP contribution in [0.25, 0.3) is 0 Å². The number of benzene rings is 2. The molecule has 1 fully saturated rings. The Labute approximate surface area is 175 Å². The van der Waals surface area contributed by atoms with Gasteiger partial charge in [0, 0.05) is 24.7 Å². The van der Waals surface area contributed by atoms with Gasteiger partial charge < -0.3 is 15.0 Å². The lowest BCUT2D eigenvalue weighted by Crippen LogP contribution is -2.29. The Morgan fingerprint density at radius 3 is 2.47 bits per heavy atom. The number of rotatable bonds is 7. The number of aryl methyl sites for hydroxylation is 2. The molecule has 1 atom stereocenters. The van der Waals surface area contributed by atoms with E-state index in [4.69, 9.17) is 4.74 Å². The maximum absolute atomic E-state index is 13.0. The lowest BCUT2D eigenvalue weighted by molar-refractivity contribution is -0.384. The van der Waals surface area contributed by atoms with Crippen molar-refractivity contribution in [3.63, 3.8) is 0 Å². The summed E-state index contributed by atoms with van der Waals surface area (Å²) in [5, 5.41) is 14.0. The van der Waals surface area contributed by atoms with E-state index in [2.05, 4.69) is 5.32 Å². The zero-order valence-corrected chi connectivity index (χ0v) is 17.3. The van der Waals surface area contributed by atoms with Gasteiger partial charge in [-0.3, -0.25) is 19.7 Å². The third-order valence-electron chi connectivity index (χ3n) is 5.41. The van der Waals surface area contributed by atoms with Crippen molar-refractivity contribution in [1.82, 2.24) is 0 Å². The predicted molar refractivity (Wildman–Crippen MR) is 114 cm³/mol. The van der Waals surface area contributed by atoms with Crippen LogP contribution in [0.4, 0.5) is 17.1 Å². The van der Waals surface area contributed by atoms with Gasteiger partial charge in [-0.1, -0.05) is 32.0 Å². The van der Waals surface area contributed by atoms with Crippen LogP contribution in [0, 0.1) is 16.0 Å². The van der Waals surface area contributed by atoms with Gasteiger partial charge in [0.1, 0.15) is 5.75 Å². The van der Waals surface area contributed by atoms with Crippen LogP contribution in [0.3, 0.4) is 0 Å². The van der Waals surface area contributed by atoms with E-state index in [0.717, 1.165) is 29.7 Å². The number of nitro benzene ring substituents is 1. The van der Waals surface area contributed by atoms with Gasteiger partial charge in [-0.2, -0.15) is 0 Å². The van der Waals surface area contributed by atoms with Crippen LogP contribution >= 0.6 is 0 Å². The molecule has 158 valence electrons. The Morgan fingerprint density at radius 2 is 1.90 bits per heavy atom. The quantitative estimate of drug-likeness (QED) is 0.553. The number of nitro groups is 1. The summed E-state index contributed by atoms with van der Waals surface area (Å²) in [7, 11) is 1.39. The zero-order valence-electron chi connectivity index (χ0n) is 17.3. The summed E-state index contributed by atoms with van der Waals surface area (Å²) in [6.45, 7) is 4.26. The topological polar surface area (TPSA) is 102 Å². The summed E-state index contributed by atoms with van der Waals surface area (Å²) in [4.78, 5) is 37.5. The van der Waals surface area contributed by atoms with E-state index in [1.807, 2.05) is 32.0 Å². The normalized spacial score (nSPS) is 15.9. The molecular weight excluding hydrogens is 386 g/mol. The maximum atomic E-state index is 13.0. The molecule has 8 nitrogen and oxygen atoms in total. The number of non-ortho nitro benzene ring substituents is 1. The van der Waals surface area contributed by atoms with Gasteiger partial charge in [0.2, 0.25) is 11.8 Å². The van der Waals surface area contributed by atoms with Gasteiger partial charge >= 0.3 is 0 Å². The molecule has 0 spiro atoms. The number of nitrogens with one attached hydrogen (secondary N) is 1. The highest BCUT2D eigenvalue weighted by Gasteiger charge is 2.37. The van der Waals surface area contributed by atoms with Gasteiger partial charge in [0.25, 0.3) is 5.69 Å². The van der Waals surface area contributed by atoms with Crippen LogP contribution in [0.15, 0.2) is 36.4 Å². The number of amides is 2. The van der Waals surface area contributed by atoms with E-state index >= 15 is 0 Å². The molecule has 0 bridgehead atoms. The van der Waals surface area contributed by atoms with Crippen LogP contribution < -0.4 is 15.0 Å². The molecule has 0 aliphatic carbocycles. The van der Waals surface area contributed by atoms with E-state index in [1.54, 1.807) is 0 Å². The molecule has 1 aliphatic rings. The number of ether oxygens (including phenoxy) is 1. The monoisotopic (exact) mass is 411 g/mol. The molecule has 1 N–H and O–H groups in total. The summed E-state index contributed by atoms with van der Waals surface area (Å²) < 4.78 is 5.25. The highest BCUT2D eigenvalue weighted by molar-refractivity contribution is 6.04. The molecule has 3 rings (SSSR count). The summed E-state index contributed by atoms with van der Waals surface area (Å²) in [6.07, 6.45) is 1.65. The summed E-state index contributed by atoms with van der Waals surface area (Å²) in [5.41, 5.74) is 3.24. The fourth-order valence-electron chi connectivity index (χ4n) is 3.75. The lowest BCUT2D eigenvalue weighted by atomic mass is 10.0. The summed E-state index contributed by atoms with van der Waals surface area (Å²) in [6, 6.07) is 10.0. The number of nitrogens with zero attached hydrogens (tertiary/aromatic N) is 2. The minimum atomic E-state index is -0.523. The molecule has 2 amide bonds. The first-order valence-electron chi connectivity index (χ1n) is 9.93. The third-order valence-corrected chi connectivity index (χ3v) is 5.41. The SMILES string of the molecule is CCc1cccc(CC)c1NC(=O)[C@H]1CC(=O)N(c2ccc([N+](=O)[O-])cc2OC)C1. The van der Waals surface area contributed by atoms with Gasteiger partial charge in [0.05, 0.1) is 29.7 Å². The fourth-order valence-corrected chi connectivity index (χ4v) is 3.75. The minimum absolute atomic E-state index is 0.0712. The number of hydrogen-bond acceptors (Lipinski definition) is 5. The van der Waals surface area contributed by atoms with Gasteiger partial charge in [-0.15, -0.1) is 0 Å². The molecule has 2 aromatic carbocycles. The minimum Gasteiger partial charge on any atom is -0.494 e. The van der Waals surface area contributed by atoms with Crippen molar-refractivity contribution in [2.24, 2.45) is 5.92 Å². The van der Waals surface area contributed by atoms with E-state index in [0.29, 0.717) is 5.69 Å². The number of carbonyl (C=O) groups is 2. The van der Waals surface area contributed by atoms with Crippen molar-refractivity contribution in [3.8, 4) is 5.75 Å². The highest BCUT2D eigenvalue weighted by Crippen LogP contribution is 2.36. The molecule has 1 heterocycles. The lowest BCUT2D eigenvalue weighted by Gasteiger charge is -2.20. The van der Waals surface area contributed by atoms with Crippen molar-refractivity contribution in [1.29, 1.82) is 0 Å². The summed E-state index contributed by atoms with van der Waals surface area (Å²) in [5.74, 6) is -0.723. The van der Waals surface area contributed by atoms with E-state index < -0.39 is 10.8 Å². The van der Waals surface area contributed by atoms with Crippen molar-refractivity contribution in [2.75, 3.05) is 23.9 Å². The number of carbonyl (C=O) groups excluding carboxylic acids is 2. The van der Waals surface area contributed by atoms with Crippen LogP contribution in [-0.4, -0.2) is 30.4 Å². The molecule has 0 saturated carbocycles. The Balaban J connectivity index is 1.81. The van der Waals surface area contributed by atoms with Crippen LogP contribution in [0.2, 0.25) is 0 Å².